The molecule has 0 radical (unpaired) electrons. The molecule has 0 N–H and O–H groups in total. The quantitative estimate of drug-likeness (QED) is 0.470. The van der Waals surface area contributed by atoms with Crippen molar-refractivity contribution in [2.45, 2.75) is 67.6 Å². The molecule has 29 heavy (non-hydrogen) atoms. The zero-order valence-corrected chi connectivity index (χ0v) is 20.6. The van der Waals surface area contributed by atoms with E-state index in [1.165, 1.54) is 10.4 Å². The van der Waals surface area contributed by atoms with Crippen molar-refractivity contribution >= 4 is 18.9 Å². The Labute approximate surface area is 179 Å². The molecular weight excluding hydrogens is 372 g/mol. The Kier molecular flexibility index (Phi) is 8.68. The van der Waals surface area contributed by atoms with E-state index in [0.717, 1.165) is 0 Å². The van der Waals surface area contributed by atoms with E-state index in [1.54, 1.807) is 0 Å². The van der Waals surface area contributed by atoms with Crippen LogP contribution in [0.2, 0.25) is 0 Å². The summed E-state index contributed by atoms with van der Waals surface area (Å²) in [6, 6.07) is 21.3. The van der Waals surface area contributed by atoms with Crippen molar-refractivity contribution in [1.82, 2.24) is 0 Å². The molecule has 2 nitrogen and oxygen atoms in total. The van der Waals surface area contributed by atoms with E-state index in [0.29, 0.717) is 23.7 Å². The van der Waals surface area contributed by atoms with Crippen molar-refractivity contribution in [3.63, 3.8) is 0 Å². The molecule has 0 spiro atoms. The van der Waals surface area contributed by atoms with Crippen LogP contribution in [0.15, 0.2) is 60.7 Å². The van der Waals surface area contributed by atoms with Crippen LogP contribution < -0.4 is 10.4 Å². The molecule has 0 amide bonds. The van der Waals surface area contributed by atoms with E-state index in [2.05, 4.69) is 116 Å². The molecule has 0 aliphatic carbocycles. The predicted octanol–water partition coefficient (Wildman–Crippen LogP) is 5.64. The first kappa shape index (κ1) is 23.9. The van der Waals surface area contributed by atoms with Crippen molar-refractivity contribution in [1.29, 1.82) is 0 Å². The van der Waals surface area contributed by atoms with Crippen LogP contribution in [0.5, 0.6) is 0 Å². The van der Waals surface area contributed by atoms with Gasteiger partial charge in [0.25, 0.3) is 0 Å². The third-order valence-electron chi connectivity index (χ3n) is 5.54. The number of hydrogen-bond acceptors (Lipinski definition) is 2. The fraction of sp³-hybridized carbons (Fsp3) is 0.538. The van der Waals surface area contributed by atoms with E-state index in [4.69, 9.17) is 8.85 Å². The first-order chi connectivity index (χ1) is 13.7. The molecule has 0 fully saturated rings. The van der Waals surface area contributed by atoms with Crippen LogP contribution >= 0.6 is 0 Å². The van der Waals surface area contributed by atoms with E-state index in [1.807, 2.05) is 0 Å². The highest BCUT2D eigenvalue weighted by atomic mass is 28.4. The standard InChI is InChI=1S/C26H40O2Si/c1-19(2)25(20(3)4)27-29(23-15-11-9-12-16-23,24-17-13-10-14-18-24)28-26(21(5)6)22(7)8/h9-22,25-26H,1-8H3. The second-order valence-electron chi connectivity index (χ2n) is 9.49. The van der Waals surface area contributed by atoms with Gasteiger partial charge in [0, 0.05) is 0 Å². The van der Waals surface area contributed by atoms with Crippen LogP contribution in [-0.2, 0) is 8.85 Å². The van der Waals surface area contributed by atoms with Crippen LogP contribution in [0.3, 0.4) is 0 Å². The topological polar surface area (TPSA) is 18.5 Å². The third kappa shape index (κ3) is 5.81. The lowest BCUT2D eigenvalue weighted by atomic mass is 9.97. The second kappa shape index (κ2) is 10.6. The normalized spacial score (nSPS) is 12.9. The summed E-state index contributed by atoms with van der Waals surface area (Å²) in [6.07, 6.45) is 0.254. The van der Waals surface area contributed by atoms with Gasteiger partial charge >= 0.3 is 8.56 Å². The average Bonchev–Trinajstić information content (AvgIpc) is 2.68. The summed E-state index contributed by atoms with van der Waals surface area (Å²) in [5, 5.41) is 2.37. The first-order valence-corrected chi connectivity index (χ1v) is 13.0. The molecule has 2 rings (SSSR count). The first-order valence-electron chi connectivity index (χ1n) is 11.2. The molecule has 2 aromatic rings. The van der Waals surface area contributed by atoms with Gasteiger partial charge in [-0.15, -0.1) is 0 Å². The zero-order chi connectivity index (χ0) is 21.6. The van der Waals surface area contributed by atoms with Crippen molar-refractivity contribution in [2.75, 3.05) is 0 Å². The Morgan fingerprint density at radius 3 is 1.00 bits per heavy atom. The molecule has 0 saturated carbocycles. The summed E-state index contributed by atoms with van der Waals surface area (Å²) < 4.78 is 14.4. The fourth-order valence-electron chi connectivity index (χ4n) is 4.25. The van der Waals surface area contributed by atoms with Gasteiger partial charge in [-0.1, -0.05) is 116 Å². The lowest BCUT2D eigenvalue weighted by Crippen LogP contribution is -2.67. The van der Waals surface area contributed by atoms with Gasteiger partial charge in [-0.3, -0.25) is 0 Å². The smallest absolute Gasteiger partial charge is 0.384 e. The maximum atomic E-state index is 7.18. The maximum Gasteiger partial charge on any atom is 0.407 e. The van der Waals surface area contributed by atoms with Gasteiger partial charge in [0.2, 0.25) is 0 Å². The van der Waals surface area contributed by atoms with E-state index >= 15 is 0 Å². The van der Waals surface area contributed by atoms with Gasteiger partial charge in [0.15, 0.2) is 0 Å². The van der Waals surface area contributed by atoms with Gasteiger partial charge in [0.1, 0.15) is 0 Å². The molecule has 0 unspecified atom stereocenters. The minimum Gasteiger partial charge on any atom is -0.384 e. The molecule has 0 bridgehead atoms. The SMILES string of the molecule is CC(C)C(O[Si](OC(C(C)C)C(C)C)(c1ccccc1)c1ccccc1)C(C)C. The average molecular weight is 413 g/mol. The summed E-state index contributed by atoms with van der Waals surface area (Å²) in [5.41, 5.74) is 0. The summed E-state index contributed by atoms with van der Waals surface area (Å²) in [4.78, 5) is 0. The summed E-state index contributed by atoms with van der Waals surface area (Å²) in [7, 11) is -2.93. The summed E-state index contributed by atoms with van der Waals surface area (Å²) in [6.45, 7) is 18.0. The highest BCUT2D eigenvalue weighted by molar-refractivity contribution is 6.92. The second-order valence-corrected chi connectivity index (χ2v) is 12.3. The van der Waals surface area contributed by atoms with Crippen LogP contribution in [0.1, 0.15) is 55.4 Å². The van der Waals surface area contributed by atoms with Crippen molar-refractivity contribution < 1.29 is 8.85 Å². The minimum atomic E-state index is -2.93. The zero-order valence-electron chi connectivity index (χ0n) is 19.6. The number of benzene rings is 2. The van der Waals surface area contributed by atoms with Gasteiger partial charge in [-0.2, -0.15) is 0 Å². The monoisotopic (exact) mass is 412 g/mol. The van der Waals surface area contributed by atoms with Crippen molar-refractivity contribution in [3.8, 4) is 0 Å². The van der Waals surface area contributed by atoms with Gasteiger partial charge in [0.05, 0.1) is 12.2 Å². The Morgan fingerprint density at radius 1 is 0.483 bits per heavy atom. The molecule has 0 aromatic heterocycles. The van der Waals surface area contributed by atoms with Crippen LogP contribution in [0.4, 0.5) is 0 Å². The molecule has 0 atom stereocenters. The number of hydrogen-bond donors (Lipinski definition) is 0. The predicted molar refractivity (Wildman–Crippen MR) is 127 cm³/mol. The highest BCUT2D eigenvalue weighted by Crippen LogP contribution is 2.27. The number of rotatable bonds is 10. The Hall–Kier alpha value is -1.42. The van der Waals surface area contributed by atoms with Gasteiger partial charge in [-0.25, -0.2) is 0 Å². The molecule has 0 saturated heterocycles. The van der Waals surface area contributed by atoms with E-state index in [-0.39, 0.29) is 12.2 Å². The van der Waals surface area contributed by atoms with E-state index < -0.39 is 8.56 Å². The lowest BCUT2D eigenvalue weighted by molar-refractivity contribution is 0.0196. The summed E-state index contributed by atoms with van der Waals surface area (Å²) >= 11 is 0. The minimum absolute atomic E-state index is 0.127. The van der Waals surface area contributed by atoms with Gasteiger partial charge < -0.3 is 8.85 Å². The Morgan fingerprint density at radius 2 is 0.759 bits per heavy atom. The van der Waals surface area contributed by atoms with E-state index in [9.17, 15) is 0 Å². The molecule has 3 heteroatoms. The van der Waals surface area contributed by atoms with Crippen molar-refractivity contribution in [2.24, 2.45) is 23.7 Å². The highest BCUT2D eigenvalue weighted by Gasteiger charge is 2.48. The molecular formula is C26H40O2Si. The third-order valence-corrected chi connectivity index (χ3v) is 8.94. The molecule has 2 aromatic carbocycles. The Balaban J connectivity index is 2.71. The molecule has 0 heterocycles. The maximum absolute atomic E-state index is 7.18. The van der Waals surface area contributed by atoms with Crippen LogP contribution in [0.25, 0.3) is 0 Å². The van der Waals surface area contributed by atoms with Crippen LogP contribution in [-0.4, -0.2) is 20.8 Å². The summed E-state index contributed by atoms with van der Waals surface area (Å²) in [5.74, 6) is 1.65. The Bertz CT molecular complexity index is 631. The molecule has 160 valence electrons. The van der Waals surface area contributed by atoms with Crippen LogP contribution in [0, 0.1) is 23.7 Å². The fourth-order valence-corrected chi connectivity index (χ4v) is 8.30. The van der Waals surface area contributed by atoms with Gasteiger partial charge in [-0.05, 0) is 34.0 Å². The largest absolute Gasteiger partial charge is 0.407 e. The molecule has 0 aliphatic rings. The molecule has 0 aliphatic heterocycles. The lowest BCUT2D eigenvalue weighted by Gasteiger charge is -2.42. The van der Waals surface area contributed by atoms with Crippen molar-refractivity contribution in [3.05, 3.63) is 60.7 Å².